The van der Waals surface area contributed by atoms with Crippen LogP contribution in [0.4, 0.5) is 0 Å². The van der Waals surface area contributed by atoms with E-state index in [1.54, 1.807) is 6.07 Å². The van der Waals surface area contributed by atoms with E-state index in [-0.39, 0.29) is 0 Å². The number of hydrogen-bond acceptors (Lipinski definition) is 2. The molecular weight excluding hydrogens is 102 g/mol. The zero-order valence-corrected chi connectivity index (χ0v) is 5.09. The van der Waals surface area contributed by atoms with E-state index >= 15 is 0 Å². The van der Waals surface area contributed by atoms with Gasteiger partial charge in [-0.05, 0) is 18.8 Å². The Hall–Kier alpha value is -0.550. The largest absolute Gasteiger partial charge is 0.396 e. The van der Waals surface area contributed by atoms with Crippen LogP contribution in [-0.4, -0.2) is 11.7 Å². The van der Waals surface area contributed by atoms with Crippen LogP contribution < -0.4 is 0 Å². The highest BCUT2D eigenvalue weighted by molar-refractivity contribution is 4.70. The summed E-state index contributed by atoms with van der Waals surface area (Å²) in [5.41, 5.74) is 0. The van der Waals surface area contributed by atoms with Crippen molar-refractivity contribution in [3.63, 3.8) is 0 Å². The molecule has 0 radical (unpaired) electrons. The van der Waals surface area contributed by atoms with Gasteiger partial charge in [-0.3, -0.25) is 0 Å². The van der Waals surface area contributed by atoms with Gasteiger partial charge < -0.3 is 5.11 Å². The topological polar surface area (TPSA) is 44.0 Å². The Morgan fingerprint density at radius 1 is 1.75 bits per heavy atom. The van der Waals surface area contributed by atoms with Crippen LogP contribution in [-0.2, 0) is 0 Å². The molecule has 0 aliphatic heterocycles. The van der Waals surface area contributed by atoms with E-state index < -0.39 is 0 Å². The van der Waals surface area contributed by atoms with E-state index in [4.69, 9.17) is 10.4 Å². The third-order valence-corrected chi connectivity index (χ3v) is 0.955. The highest BCUT2D eigenvalue weighted by Gasteiger charge is 2.18. The maximum atomic E-state index is 8.21. The molecule has 46 valence electrons. The van der Waals surface area contributed by atoms with Crippen LogP contribution in [0.5, 0.6) is 0 Å². The minimum Gasteiger partial charge on any atom is -0.396 e. The molecule has 0 aromatic carbocycles. The molecule has 1 fully saturated rings. The summed E-state index contributed by atoms with van der Waals surface area (Å²) in [6, 6.07) is 1.75. The summed E-state index contributed by atoms with van der Waals surface area (Å²) in [5, 5.41) is 15.5. The predicted molar refractivity (Wildman–Crippen MR) is 31.1 cm³/mol. The summed E-state index contributed by atoms with van der Waals surface area (Å²) in [7, 11) is 0. The molecule has 0 aromatic heterocycles. The molecular formula is C6H11NO. The second-order valence-corrected chi connectivity index (χ2v) is 1.85. The van der Waals surface area contributed by atoms with Crippen molar-refractivity contribution in [3.8, 4) is 6.07 Å². The molecule has 1 N–H and O–H groups in total. The van der Waals surface area contributed by atoms with Crippen LogP contribution in [0, 0.1) is 17.2 Å². The molecule has 0 aromatic rings. The molecule has 2 nitrogen and oxygen atoms in total. The fraction of sp³-hybridized carbons (Fsp3) is 0.833. The molecule has 0 saturated heterocycles. The number of nitriles is 1. The summed E-state index contributed by atoms with van der Waals surface area (Å²) in [4.78, 5) is 0. The molecule has 2 heteroatoms. The minimum absolute atomic E-state index is 0.417. The second kappa shape index (κ2) is 4.61. The molecule has 1 aliphatic carbocycles. The minimum atomic E-state index is 0.417. The van der Waals surface area contributed by atoms with E-state index in [2.05, 4.69) is 0 Å². The smallest absolute Gasteiger partial charge is 0.0587 e. The first-order valence-electron chi connectivity index (χ1n) is 2.76. The molecule has 0 spiro atoms. The summed E-state index contributed by atoms with van der Waals surface area (Å²) in [5.74, 6) is 0.690. The number of hydrogen-bond donors (Lipinski definition) is 1. The highest BCUT2D eigenvalue weighted by atomic mass is 16.3. The van der Waals surface area contributed by atoms with Crippen LogP contribution in [0.2, 0.25) is 0 Å². The summed E-state index contributed by atoms with van der Waals surface area (Å²) in [6.07, 6.45) is 2.52. The van der Waals surface area contributed by atoms with Crippen molar-refractivity contribution < 1.29 is 5.11 Å². The van der Waals surface area contributed by atoms with Crippen molar-refractivity contribution in [1.82, 2.24) is 0 Å². The molecule has 1 aliphatic rings. The van der Waals surface area contributed by atoms with Crippen LogP contribution in [0.1, 0.15) is 19.8 Å². The predicted octanol–water partition coefficient (Wildman–Crippen LogP) is 0.919. The van der Waals surface area contributed by atoms with E-state index in [1.165, 1.54) is 19.8 Å². The average molecular weight is 113 g/mol. The van der Waals surface area contributed by atoms with E-state index in [9.17, 15) is 0 Å². The lowest BCUT2D eigenvalue weighted by Gasteiger charge is -1.73. The van der Waals surface area contributed by atoms with Crippen LogP contribution >= 0.6 is 0 Å². The first-order chi connectivity index (χ1) is 3.85. The molecule has 0 amide bonds. The van der Waals surface area contributed by atoms with Crippen molar-refractivity contribution in [2.24, 2.45) is 5.92 Å². The van der Waals surface area contributed by atoms with Gasteiger partial charge in [-0.2, -0.15) is 5.26 Å². The Morgan fingerprint density at radius 3 is 2.12 bits per heavy atom. The standard InChI is InChI=1S/C4H8O.C2H3N/c5-3-4-1-2-4;1-2-3/h4-5H,1-3H2;1H3. The van der Waals surface area contributed by atoms with Crippen molar-refractivity contribution in [3.05, 3.63) is 0 Å². The number of rotatable bonds is 1. The molecule has 8 heavy (non-hydrogen) atoms. The van der Waals surface area contributed by atoms with Crippen molar-refractivity contribution in [1.29, 1.82) is 5.26 Å². The first-order valence-corrected chi connectivity index (χ1v) is 2.76. The fourth-order valence-electron chi connectivity index (χ4n) is 0.300. The Bertz CT molecular complexity index is 81.0. The van der Waals surface area contributed by atoms with Gasteiger partial charge in [0.2, 0.25) is 0 Å². The van der Waals surface area contributed by atoms with Gasteiger partial charge in [0.05, 0.1) is 6.07 Å². The number of aliphatic hydroxyl groups is 1. The van der Waals surface area contributed by atoms with Gasteiger partial charge in [-0.15, -0.1) is 0 Å². The van der Waals surface area contributed by atoms with Crippen molar-refractivity contribution >= 4 is 0 Å². The number of aliphatic hydroxyl groups excluding tert-OH is 1. The Balaban J connectivity index is 0.000000145. The van der Waals surface area contributed by atoms with Gasteiger partial charge in [-0.1, -0.05) is 0 Å². The molecule has 0 heterocycles. The fourth-order valence-corrected chi connectivity index (χ4v) is 0.300. The molecule has 0 atom stereocenters. The average Bonchev–Trinajstić information content (AvgIpc) is 2.48. The second-order valence-electron chi connectivity index (χ2n) is 1.85. The van der Waals surface area contributed by atoms with Gasteiger partial charge in [0.15, 0.2) is 0 Å². The first kappa shape index (κ1) is 7.45. The third-order valence-electron chi connectivity index (χ3n) is 0.955. The molecule has 1 rings (SSSR count). The molecule has 0 unspecified atom stereocenters. The number of nitrogens with zero attached hydrogens (tertiary/aromatic N) is 1. The SMILES string of the molecule is CC#N.OCC1CC1. The monoisotopic (exact) mass is 113 g/mol. The van der Waals surface area contributed by atoms with Crippen molar-refractivity contribution in [2.45, 2.75) is 19.8 Å². The van der Waals surface area contributed by atoms with Gasteiger partial charge in [-0.25, -0.2) is 0 Å². The Morgan fingerprint density at radius 2 is 2.12 bits per heavy atom. The summed E-state index contributed by atoms with van der Waals surface area (Å²) < 4.78 is 0. The normalized spacial score (nSPS) is 15.6. The summed E-state index contributed by atoms with van der Waals surface area (Å²) >= 11 is 0. The van der Waals surface area contributed by atoms with Crippen LogP contribution in [0.3, 0.4) is 0 Å². The quantitative estimate of drug-likeness (QED) is 0.549. The van der Waals surface area contributed by atoms with Gasteiger partial charge in [0.1, 0.15) is 0 Å². The lowest BCUT2D eigenvalue weighted by atomic mass is 10.5. The third kappa shape index (κ3) is 5.45. The Kier molecular flexibility index (Phi) is 4.29. The summed E-state index contributed by atoms with van der Waals surface area (Å²) in [6.45, 7) is 1.85. The van der Waals surface area contributed by atoms with Gasteiger partial charge >= 0.3 is 0 Å². The lowest BCUT2D eigenvalue weighted by molar-refractivity contribution is 0.277. The maximum absolute atomic E-state index is 8.21. The van der Waals surface area contributed by atoms with E-state index in [1.807, 2.05) is 0 Å². The lowest BCUT2D eigenvalue weighted by Crippen LogP contribution is -1.78. The van der Waals surface area contributed by atoms with Gasteiger partial charge in [0, 0.05) is 13.5 Å². The highest BCUT2D eigenvalue weighted by Crippen LogP contribution is 2.27. The maximum Gasteiger partial charge on any atom is 0.0587 e. The zero-order valence-electron chi connectivity index (χ0n) is 5.09. The van der Waals surface area contributed by atoms with Gasteiger partial charge in [0.25, 0.3) is 0 Å². The Labute approximate surface area is 49.8 Å². The van der Waals surface area contributed by atoms with Crippen LogP contribution in [0.15, 0.2) is 0 Å². The molecule has 1 saturated carbocycles. The zero-order chi connectivity index (χ0) is 6.41. The van der Waals surface area contributed by atoms with E-state index in [0.717, 1.165) is 0 Å². The van der Waals surface area contributed by atoms with Crippen molar-refractivity contribution in [2.75, 3.05) is 6.61 Å². The molecule has 0 bridgehead atoms. The van der Waals surface area contributed by atoms with Crippen LogP contribution in [0.25, 0.3) is 0 Å². The van der Waals surface area contributed by atoms with E-state index in [0.29, 0.717) is 12.5 Å².